The van der Waals surface area contributed by atoms with E-state index in [4.69, 9.17) is 14.2 Å². The highest BCUT2D eigenvalue weighted by Gasteiger charge is 2.20. The van der Waals surface area contributed by atoms with Crippen molar-refractivity contribution in [3.8, 4) is 28.3 Å². The fourth-order valence-electron chi connectivity index (χ4n) is 4.65. The van der Waals surface area contributed by atoms with Crippen LogP contribution in [0, 0.1) is 5.82 Å². The second-order valence-corrected chi connectivity index (χ2v) is 11.8. The molecule has 0 saturated carbocycles. The molecule has 3 heterocycles. The molecule has 0 radical (unpaired) electrons. The number of aryl methyl sites for hydroxylation is 1. The molecule has 1 aliphatic heterocycles. The molecule has 11 heteroatoms. The summed E-state index contributed by atoms with van der Waals surface area (Å²) in [6.45, 7) is 6.36. The van der Waals surface area contributed by atoms with E-state index in [0.29, 0.717) is 23.4 Å². The molecule has 0 atom stereocenters. The van der Waals surface area contributed by atoms with Crippen molar-refractivity contribution in [1.29, 1.82) is 0 Å². The Hall–Kier alpha value is -4.09. The minimum absolute atomic E-state index is 0.0324. The Balaban J connectivity index is 1.28. The SMILES string of the molecule is CC(C)(C)OC(=O)NCCOCCOc1cc(F)ccc1-c1nnc(-c2ccc3c(c2)CCCC(=O)N3)c2ccsc12. The summed E-state index contributed by atoms with van der Waals surface area (Å²) in [6.07, 6.45) is 1.60. The summed E-state index contributed by atoms with van der Waals surface area (Å²) >= 11 is 1.53. The highest BCUT2D eigenvalue weighted by Crippen LogP contribution is 2.40. The van der Waals surface area contributed by atoms with Crippen LogP contribution in [0.4, 0.5) is 14.9 Å². The molecular weight excluding hydrogens is 559 g/mol. The zero-order valence-electron chi connectivity index (χ0n) is 23.8. The van der Waals surface area contributed by atoms with Gasteiger partial charge in [0, 0.05) is 41.2 Å². The van der Waals surface area contributed by atoms with Crippen LogP contribution in [0.25, 0.3) is 32.6 Å². The van der Waals surface area contributed by atoms with Crippen LogP contribution in [0.2, 0.25) is 0 Å². The molecule has 42 heavy (non-hydrogen) atoms. The van der Waals surface area contributed by atoms with E-state index in [-0.39, 0.29) is 32.3 Å². The molecule has 0 bridgehead atoms. The number of hydrogen-bond donors (Lipinski definition) is 2. The van der Waals surface area contributed by atoms with Crippen molar-refractivity contribution >= 4 is 39.1 Å². The van der Waals surface area contributed by atoms with Gasteiger partial charge in [-0.05, 0) is 74.9 Å². The lowest BCUT2D eigenvalue weighted by Gasteiger charge is -2.19. The van der Waals surface area contributed by atoms with Crippen molar-refractivity contribution in [2.75, 3.05) is 31.7 Å². The number of anilines is 1. The number of fused-ring (bicyclic) bond motifs is 2. The lowest BCUT2D eigenvalue weighted by Crippen LogP contribution is -2.34. The van der Waals surface area contributed by atoms with Crippen LogP contribution in [-0.2, 0) is 20.7 Å². The van der Waals surface area contributed by atoms with E-state index in [1.807, 2.05) is 23.6 Å². The van der Waals surface area contributed by atoms with Crippen LogP contribution in [0.3, 0.4) is 0 Å². The van der Waals surface area contributed by atoms with Gasteiger partial charge in [0.1, 0.15) is 35.2 Å². The maximum Gasteiger partial charge on any atom is 0.407 e. The predicted octanol–water partition coefficient (Wildman–Crippen LogP) is 6.36. The van der Waals surface area contributed by atoms with Gasteiger partial charge in [-0.2, -0.15) is 0 Å². The molecule has 0 aliphatic carbocycles. The van der Waals surface area contributed by atoms with Crippen molar-refractivity contribution in [2.45, 2.75) is 45.6 Å². The Morgan fingerprint density at radius 2 is 1.88 bits per heavy atom. The molecule has 4 aromatic rings. The first-order chi connectivity index (χ1) is 20.2. The molecular formula is C31H33FN4O5S. The predicted molar refractivity (Wildman–Crippen MR) is 160 cm³/mol. The highest BCUT2D eigenvalue weighted by molar-refractivity contribution is 7.17. The van der Waals surface area contributed by atoms with E-state index in [9.17, 15) is 14.0 Å². The van der Waals surface area contributed by atoms with Gasteiger partial charge in [0.25, 0.3) is 0 Å². The maximum atomic E-state index is 14.2. The Labute approximate surface area is 247 Å². The summed E-state index contributed by atoms with van der Waals surface area (Å²) in [7, 11) is 0. The average Bonchev–Trinajstić information content (AvgIpc) is 3.34. The largest absolute Gasteiger partial charge is 0.490 e. The van der Waals surface area contributed by atoms with Crippen LogP contribution in [0.1, 0.15) is 39.2 Å². The molecule has 2 N–H and O–H groups in total. The van der Waals surface area contributed by atoms with Gasteiger partial charge in [-0.3, -0.25) is 4.79 Å². The quantitative estimate of drug-likeness (QED) is 0.218. The summed E-state index contributed by atoms with van der Waals surface area (Å²) in [5.41, 5.74) is 4.23. The zero-order valence-corrected chi connectivity index (χ0v) is 24.6. The number of hydrogen-bond acceptors (Lipinski definition) is 8. The number of aromatic nitrogens is 2. The van der Waals surface area contributed by atoms with Gasteiger partial charge in [-0.25, -0.2) is 9.18 Å². The highest BCUT2D eigenvalue weighted by atomic mass is 32.1. The third kappa shape index (κ3) is 7.21. The Bertz CT molecular complexity index is 1600. The first kappa shape index (κ1) is 29.4. The Kier molecular flexibility index (Phi) is 8.98. The van der Waals surface area contributed by atoms with E-state index < -0.39 is 17.5 Å². The van der Waals surface area contributed by atoms with Gasteiger partial charge in [0.15, 0.2) is 0 Å². The van der Waals surface area contributed by atoms with Crippen LogP contribution < -0.4 is 15.4 Å². The van der Waals surface area contributed by atoms with Crippen LogP contribution in [0.5, 0.6) is 5.75 Å². The Morgan fingerprint density at radius 3 is 2.71 bits per heavy atom. The number of benzene rings is 2. The topological polar surface area (TPSA) is 112 Å². The monoisotopic (exact) mass is 592 g/mol. The number of rotatable bonds is 9. The van der Waals surface area contributed by atoms with Gasteiger partial charge < -0.3 is 24.8 Å². The molecule has 2 amide bonds. The minimum Gasteiger partial charge on any atom is -0.490 e. The summed E-state index contributed by atoms with van der Waals surface area (Å²) in [6, 6.07) is 12.3. The van der Waals surface area contributed by atoms with E-state index in [2.05, 4.69) is 26.9 Å². The number of carbonyl (C=O) groups excluding carboxylic acids is 2. The standard InChI is InChI=1S/C31H33FN4O5S/c1-31(2,3)41-30(38)33-12-13-39-14-15-40-25-18-21(32)8-9-22(25)28-29-23(11-16-42-29)27(35-36-28)20-7-10-24-19(17-20)5-4-6-26(37)34-24/h7-11,16-18H,4-6,12-15H2,1-3H3,(H,33,38)(H,34,37). The smallest absolute Gasteiger partial charge is 0.407 e. The van der Waals surface area contributed by atoms with Crippen molar-refractivity contribution in [3.05, 3.63) is 59.2 Å². The lowest BCUT2D eigenvalue weighted by atomic mass is 10.0. The van der Waals surface area contributed by atoms with Crippen molar-refractivity contribution in [1.82, 2.24) is 15.5 Å². The molecule has 0 unspecified atom stereocenters. The Morgan fingerprint density at radius 1 is 1.05 bits per heavy atom. The van der Waals surface area contributed by atoms with Crippen molar-refractivity contribution in [2.24, 2.45) is 0 Å². The maximum absolute atomic E-state index is 14.2. The van der Waals surface area contributed by atoms with Gasteiger partial charge in [0.05, 0.1) is 17.9 Å². The fourth-order valence-corrected chi connectivity index (χ4v) is 5.55. The first-order valence-electron chi connectivity index (χ1n) is 13.8. The van der Waals surface area contributed by atoms with E-state index in [1.54, 1.807) is 26.8 Å². The van der Waals surface area contributed by atoms with Crippen molar-refractivity contribution in [3.63, 3.8) is 0 Å². The summed E-state index contributed by atoms with van der Waals surface area (Å²) in [5, 5.41) is 17.7. The molecule has 220 valence electrons. The normalized spacial score (nSPS) is 13.3. The number of nitrogens with zero attached hydrogens (tertiary/aromatic N) is 2. The van der Waals surface area contributed by atoms with E-state index >= 15 is 0 Å². The molecule has 0 saturated heterocycles. The van der Waals surface area contributed by atoms with Gasteiger partial charge in [0.2, 0.25) is 5.91 Å². The van der Waals surface area contributed by atoms with Gasteiger partial charge >= 0.3 is 6.09 Å². The molecule has 5 rings (SSSR count). The molecule has 2 aromatic carbocycles. The zero-order chi connectivity index (χ0) is 29.7. The number of carbonyl (C=O) groups is 2. The number of ether oxygens (including phenoxy) is 3. The second kappa shape index (κ2) is 12.8. The van der Waals surface area contributed by atoms with Crippen LogP contribution in [-0.4, -0.2) is 54.2 Å². The van der Waals surface area contributed by atoms with Crippen LogP contribution in [0.15, 0.2) is 47.8 Å². The number of halogens is 1. The fraction of sp³-hybridized carbons (Fsp3) is 0.355. The average molecular weight is 593 g/mol. The third-order valence-corrected chi connectivity index (χ3v) is 7.41. The van der Waals surface area contributed by atoms with E-state index in [0.717, 1.165) is 45.4 Å². The molecule has 2 aromatic heterocycles. The van der Waals surface area contributed by atoms with Crippen molar-refractivity contribution < 1.29 is 28.2 Å². The van der Waals surface area contributed by atoms with Gasteiger partial charge in [-0.15, -0.1) is 21.5 Å². The molecule has 9 nitrogen and oxygen atoms in total. The summed E-state index contributed by atoms with van der Waals surface area (Å²) < 4.78 is 31.8. The second-order valence-electron chi connectivity index (χ2n) is 10.9. The summed E-state index contributed by atoms with van der Waals surface area (Å²) in [5.74, 6) is -0.0618. The number of alkyl carbamates (subject to hydrolysis) is 1. The number of amides is 2. The number of thiophene rings is 1. The molecule has 0 spiro atoms. The summed E-state index contributed by atoms with van der Waals surface area (Å²) in [4.78, 5) is 23.7. The lowest BCUT2D eigenvalue weighted by molar-refractivity contribution is -0.116. The van der Waals surface area contributed by atoms with Crippen LogP contribution >= 0.6 is 11.3 Å². The molecule has 0 fully saturated rings. The third-order valence-electron chi connectivity index (χ3n) is 6.49. The number of nitrogens with one attached hydrogen (secondary N) is 2. The first-order valence-corrected chi connectivity index (χ1v) is 14.7. The minimum atomic E-state index is -0.568. The van der Waals surface area contributed by atoms with E-state index in [1.165, 1.54) is 23.5 Å². The molecule has 1 aliphatic rings. The van der Waals surface area contributed by atoms with Gasteiger partial charge in [-0.1, -0.05) is 6.07 Å².